The van der Waals surface area contributed by atoms with Crippen LogP contribution in [0.5, 0.6) is 0 Å². The fraction of sp³-hybridized carbons (Fsp3) is 0.286. The first-order valence-electron chi connectivity index (χ1n) is 6.06. The number of nitrogens with one attached hydrogen (secondary N) is 2. The van der Waals surface area contributed by atoms with E-state index in [1.807, 2.05) is 24.3 Å². The summed E-state index contributed by atoms with van der Waals surface area (Å²) >= 11 is 0. The number of aliphatic hydroxyl groups excluding tert-OH is 1. The molecule has 1 aliphatic heterocycles. The molecule has 1 aromatic rings. The molecule has 96 valence electrons. The lowest BCUT2D eigenvalue weighted by Crippen LogP contribution is -2.21. The Balaban J connectivity index is 2.31. The fourth-order valence-corrected chi connectivity index (χ4v) is 2.07. The minimum atomic E-state index is 0.00555. The Morgan fingerprint density at radius 3 is 2.89 bits per heavy atom. The summed E-state index contributed by atoms with van der Waals surface area (Å²) in [6.45, 7) is 1.78. The molecule has 18 heavy (non-hydrogen) atoms. The first kappa shape index (κ1) is 12.8. The van der Waals surface area contributed by atoms with Crippen LogP contribution in [0.2, 0.25) is 0 Å². The van der Waals surface area contributed by atoms with E-state index in [4.69, 9.17) is 5.21 Å². The van der Waals surface area contributed by atoms with Crippen molar-refractivity contribution in [2.45, 2.75) is 6.42 Å². The van der Waals surface area contributed by atoms with Crippen LogP contribution in [0.4, 0.5) is 5.69 Å². The van der Waals surface area contributed by atoms with Crippen molar-refractivity contribution in [3.05, 3.63) is 47.1 Å². The van der Waals surface area contributed by atoms with E-state index in [0.29, 0.717) is 5.69 Å². The average Bonchev–Trinajstić information content (AvgIpc) is 2.46. The van der Waals surface area contributed by atoms with Gasteiger partial charge in [0.05, 0.1) is 12.3 Å². The van der Waals surface area contributed by atoms with Crippen LogP contribution < -0.4 is 10.8 Å². The molecule has 0 radical (unpaired) electrons. The molecule has 0 unspecified atom stereocenters. The van der Waals surface area contributed by atoms with E-state index in [2.05, 4.69) is 16.9 Å². The van der Waals surface area contributed by atoms with Gasteiger partial charge in [0.25, 0.3) is 0 Å². The van der Waals surface area contributed by atoms with Gasteiger partial charge >= 0.3 is 0 Å². The van der Waals surface area contributed by atoms with E-state index in [0.717, 1.165) is 30.6 Å². The fourth-order valence-electron chi connectivity index (χ4n) is 2.07. The van der Waals surface area contributed by atoms with Gasteiger partial charge in [-0.2, -0.15) is 0 Å². The number of rotatable bonds is 4. The second kappa shape index (κ2) is 6.35. The molecule has 4 nitrogen and oxygen atoms in total. The molecule has 0 aromatic heterocycles. The van der Waals surface area contributed by atoms with Crippen molar-refractivity contribution in [2.75, 3.05) is 25.2 Å². The predicted molar refractivity (Wildman–Crippen MR) is 72.5 cm³/mol. The molecule has 0 aliphatic carbocycles. The molecular weight excluding hydrogens is 228 g/mol. The monoisotopic (exact) mass is 246 g/mol. The number of para-hydroxylation sites is 1. The van der Waals surface area contributed by atoms with Crippen LogP contribution in [0.25, 0.3) is 6.08 Å². The zero-order valence-corrected chi connectivity index (χ0v) is 10.2. The average molecular weight is 246 g/mol. The van der Waals surface area contributed by atoms with Crippen LogP contribution in [0.3, 0.4) is 0 Å². The van der Waals surface area contributed by atoms with Gasteiger partial charge in [-0.3, -0.25) is 10.7 Å². The number of anilines is 1. The Labute approximate surface area is 107 Å². The SMILES string of the molecule is OC/C(=C\c1ccccc1NO)C1=CCNCC1. The Morgan fingerprint density at radius 1 is 1.39 bits per heavy atom. The quantitative estimate of drug-likeness (QED) is 0.612. The van der Waals surface area contributed by atoms with Gasteiger partial charge in [-0.15, -0.1) is 0 Å². The van der Waals surface area contributed by atoms with Crippen molar-refractivity contribution in [3.8, 4) is 0 Å². The molecule has 4 N–H and O–H groups in total. The van der Waals surface area contributed by atoms with E-state index in [-0.39, 0.29) is 6.61 Å². The molecule has 0 amide bonds. The van der Waals surface area contributed by atoms with Gasteiger partial charge in [0, 0.05) is 12.1 Å². The van der Waals surface area contributed by atoms with E-state index in [1.54, 1.807) is 6.07 Å². The molecule has 0 spiro atoms. The number of benzene rings is 1. The van der Waals surface area contributed by atoms with Gasteiger partial charge in [-0.05, 0) is 36.3 Å². The van der Waals surface area contributed by atoms with E-state index in [1.165, 1.54) is 5.57 Å². The summed E-state index contributed by atoms with van der Waals surface area (Å²) in [5.41, 5.74) is 5.74. The van der Waals surface area contributed by atoms with E-state index in [9.17, 15) is 5.11 Å². The normalized spacial score (nSPS) is 16.3. The number of hydrogen-bond acceptors (Lipinski definition) is 4. The Kier molecular flexibility index (Phi) is 4.52. The summed E-state index contributed by atoms with van der Waals surface area (Å²) in [6.07, 6.45) is 4.93. The molecule has 1 aromatic carbocycles. The third-order valence-electron chi connectivity index (χ3n) is 3.06. The summed E-state index contributed by atoms with van der Waals surface area (Å²) in [4.78, 5) is 0. The highest BCUT2D eigenvalue weighted by Crippen LogP contribution is 2.22. The lowest BCUT2D eigenvalue weighted by Gasteiger charge is -2.16. The van der Waals surface area contributed by atoms with Gasteiger partial charge in [-0.1, -0.05) is 24.3 Å². The van der Waals surface area contributed by atoms with Crippen molar-refractivity contribution in [3.63, 3.8) is 0 Å². The first-order chi connectivity index (χ1) is 8.85. The van der Waals surface area contributed by atoms with Crippen LogP contribution in [0, 0.1) is 0 Å². The zero-order valence-electron chi connectivity index (χ0n) is 10.2. The van der Waals surface area contributed by atoms with Gasteiger partial charge < -0.3 is 10.4 Å². The topological polar surface area (TPSA) is 64.5 Å². The van der Waals surface area contributed by atoms with Crippen LogP contribution in [0.15, 0.2) is 41.5 Å². The maximum atomic E-state index is 9.49. The van der Waals surface area contributed by atoms with Crippen molar-refractivity contribution in [1.82, 2.24) is 5.32 Å². The Hall–Kier alpha value is -1.62. The highest BCUT2D eigenvalue weighted by atomic mass is 16.5. The predicted octanol–water partition coefficient (Wildman–Crippen LogP) is 1.78. The molecule has 2 rings (SSSR count). The third-order valence-corrected chi connectivity index (χ3v) is 3.06. The van der Waals surface area contributed by atoms with Gasteiger partial charge in [0.2, 0.25) is 0 Å². The molecule has 1 aliphatic rings. The maximum absolute atomic E-state index is 9.49. The lowest BCUT2D eigenvalue weighted by molar-refractivity contribution is 0.333. The largest absolute Gasteiger partial charge is 0.392 e. The Bertz CT molecular complexity index is 467. The molecule has 0 saturated carbocycles. The van der Waals surface area contributed by atoms with Crippen LogP contribution >= 0.6 is 0 Å². The van der Waals surface area contributed by atoms with E-state index < -0.39 is 0 Å². The highest BCUT2D eigenvalue weighted by Gasteiger charge is 2.08. The van der Waals surface area contributed by atoms with Crippen molar-refractivity contribution >= 4 is 11.8 Å². The highest BCUT2D eigenvalue weighted by molar-refractivity contribution is 5.69. The number of hydrogen-bond donors (Lipinski definition) is 4. The molecule has 4 heteroatoms. The van der Waals surface area contributed by atoms with Crippen LogP contribution in [-0.4, -0.2) is 30.0 Å². The maximum Gasteiger partial charge on any atom is 0.0684 e. The summed E-state index contributed by atoms with van der Waals surface area (Å²) in [6, 6.07) is 7.43. The summed E-state index contributed by atoms with van der Waals surface area (Å²) in [7, 11) is 0. The van der Waals surface area contributed by atoms with Crippen molar-refractivity contribution in [1.29, 1.82) is 0 Å². The first-order valence-corrected chi connectivity index (χ1v) is 6.06. The standard InChI is InChI=1S/C14H18N2O2/c17-10-13(11-5-7-15-8-6-11)9-12-3-1-2-4-14(12)16-18/h1-5,9,15-18H,6-8,10H2/b13-9+. The second-order valence-corrected chi connectivity index (χ2v) is 4.21. The van der Waals surface area contributed by atoms with Crippen molar-refractivity contribution < 1.29 is 10.3 Å². The van der Waals surface area contributed by atoms with E-state index >= 15 is 0 Å². The molecule has 0 bridgehead atoms. The molecule has 0 saturated heterocycles. The molecule has 1 heterocycles. The van der Waals surface area contributed by atoms with Gasteiger partial charge in [0.15, 0.2) is 0 Å². The van der Waals surface area contributed by atoms with Crippen LogP contribution in [-0.2, 0) is 0 Å². The van der Waals surface area contributed by atoms with Gasteiger partial charge in [-0.25, -0.2) is 0 Å². The second-order valence-electron chi connectivity index (χ2n) is 4.21. The minimum Gasteiger partial charge on any atom is -0.392 e. The number of aliphatic hydroxyl groups is 1. The Morgan fingerprint density at radius 2 is 2.22 bits per heavy atom. The van der Waals surface area contributed by atoms with Crippen LogP contribution in [0.1, 0.15) is 12.0 Å². The summed E-state index contributed by atoms with van der Waals surface area (Å²) < 4.78 is 0. The lowest BCUT2D eigenvalue weighted by atomic mass is 9.98. The van der Waals surface area contributed by atoms with Crippen molar-refractivity contribution in [2.24, 2.45) is 0 Å². The molecular formula is C14H18N2O2. The molecule has 0 atom stereocenters. The molecule has 0 fully saturated rings. The summed E-state index contributed by atoms with van der Waals surface area (Å²) in [5, 5.41) is 21.8. The minimum absolute atomic E-state index is 0.00555. The van der Waals surface area contributed by atoms with Gasteiger partial charge in [0.1, 0.15) is 0 Å². The third kappa shape index (κ3) is 2.98. The zero-order chi connectivity index (χ0) is 12.8. The smallest absolute Gasteiger partial charge is 0.0684 e. The summed E-state index contributed by atoms with van der Waals surface area (Å²) in [5.74, 6) is 0.